The summed E-state index contributed by atoms with van der Waals surface area (Å²) in [6.45, 7) is -1.19. The van der Waals surface area contributed by atoms with Crippen molar-refractivity contribution >= 4 is 32.6 Å². The van der Waals surface area contributed by atoms with Gasteiger partial charge >= 0.3 is 0 Å². The molecule has 0 amide bonds. The number of aliphatic hydroxyl groups is 7. The van der Waals surface area contributed by atoms with Gasteiger partial charge in [-0.15, -0.1) is 0 Å². The second-order valence-corrected chi connectivity index (χ2v) is 9.58. The highest BCUT2D eigenvalue weighted by Gasteiger charge is 2.44. The summed E-state index contributed by atoms with van der Waals surface area (Å²) in [5.74, 6) is -1.83. The lowest BCUT2D eigenvalue weighted by atomic mass is 10.1. The maximum Gasteiger partial charge on any atom is 0.287 e. The molecule has 1 unspecified atom stereocenters. The van der Waals surface area contributed by atoms with E-state index in [1.807, 2.05) is 0 Å². The zero-order valence-corrected chi connectivity index (χ0v) is 17.9. The fourth-order valence-electron chi connectivity index (χ4n) is 2.73. The zero-order chi connectivity index (χ0) is 24.2. The van der Waals surface area contributed by atoms with Crippen LogP contribution in [-0.4, -0.2) is 110 Å². The van der Waals surface area contributed by atoms with E-state index in [-0.39, 0.29) is 17.1 Å². The van der Waals surface area contributed by atoms with Gasteiger partial charge < -0.3 is 56.0 Å². The van der Waals surface area contributed by atoms with Crippen molar-refractivity contribution in [1.82, 2.24) is 19.5 Å². The Morgan fingerprint density at radius 1 is 1.31 bits per heavy atom. The molecule has 8 atom stereocenters. The molecule has 3 heterocycles. The van der Waals surface area contributed by atoms with Crippen LogP contribution in [0.3, 0.4) is 0 Å². The molecule has 180 valence electrons. The van der Waals surface area contributed by atoms with Gasteiger partial charge in [0.1, 0.15) is 31.9 Å². The molecule has 1 saturated heterocycles. The van der Waals surface area contributed by atoms with Crippen LogP contribution in [0.4, 0.5) is 5.95 Å². The minimum atomic E-state index is -2.40. The number of nitrogen functional groups attached to an aromatic ring is 1. The Morgan fingerprint density at radius 2 is 1.97 bits per heavy atom. The van der Waals surface area contributed by atoms with E-state index >= 15 is 0 Å². The average molecular weight is 499 g/mol. The minimum Gasteiger partial charge on any atom is -0.624 e. The summed E-state index contributed by atoms with van der Waals surface area (Å²) in [6.07, 6.45) is -6.48. The van der Waals surface area contributed by atoms with Gasteiger partial charge in [0.2, 0.25) is 11.8 Å². The number of aromatic nitrogens is 4. The second kappa shape index (κ2) is 11.5. The number of nitrogens with two attached hydrogens (primary N) is 1. The molecule has 0 spiro atoms. The molecule has 1 fully saturated rings. The summed E-state index contributed by atoms with van der Waals surface area (Å²) in [6, 6.07) is 0. The molecule has 1 aliphatic rings. The van der Waals surface area contributed by atoms with E-state index in [0.717, 1.165) is 0 Å². The molecule has 16 nitrogen and oxygen atoms in total. The molecule has 0 aromatic carbocycles. The third-order valence-corrected chi connectivity index (χ3v) is 6.62. The minimum absolute atomic E-state index is 0.0388. The fraction of sp³-hybridized carbons (Fsp3) is 0.643. The molecule has 2 aromatic rings. The van der Waals surface area contributed by atoms with Crippen molar-refractivity contribution in [2.45, 2.75) is 42.6 Å². The second-order valence-electron chi connectivity index (χ2n) is 6.55. The molecule has 1 aliphatic heterocycles. The largest absolute Gasteiger partial charge is 0.624 e. The highest BCUT2D eigenvalue weighted by Crippen LogP contribution is 2.32. The highest BCUT2D eigenvalue weighted by atomic mass is 31.8. The van der Waals surface area contributed by atoms with Crippen molar-refractivity contribution in [3.63, 3.8) is 0 Å². The lowest BCUT2D eigenvalue weighted by Crippen LogP contribution is -2.38. The van der Waals surface area contributed by atoms with Crippen LogP contribution < -0.4 is 16.2 Å². The molecule has 0 saturated carbocycles. The smallest absolute Gasteiger partial charge is 0.287 e. The number of nitrogens with one attached hydrogen (secondary N) is 1. The first-order valence-corrected chi connectivity index (χ1v) is 11.8. The first-order valence-electron chi connectivity index (χ1n) is 8.88. The Hall–Kier alpha value is -1.65. The lowest BCUT2D eigenvalue weighted by Gasteiger charge is -2.17. The third-order valence-electron chi connectivity index (χ3n) is 4.44. The van der Waals surface area contributed by atoms with Crippen LogP contribution in [-0.2, 0) is 4.74 Å². The molecule has 11 N–H and O–H groups in total. The van der Waals surface area contributed by atoms with Crippen LogP contribution in [0.5, 0.6) is 0 Å². The van der Waals surface area contributed by atoms with E-state index in [1.165, 1.54) is 10.9 Å². The topological polar surface area (TPSA) is 284 Å². The Morgan fingerprint density at radius 3 is 2.50 bits per heavy atom. The number of nitrogens with zero attached hydrogens (tertiary/aromatic N) is 3. The normalized spacial score (nSPS) is 26.5. The summed E-state index contributed by atoms with van der Waals surface area (Å²) < 4.78 is 6.64. The van der Waals surface area contributed by atoms with E-state index in [9.17, 15) is 19.9 Å². The maximum absolute atomic E-state index is 11.7. The number of anilines is 1. The maximum atomic E-state index is 11.7. The van der Waals surface area contributed by atoms with E-state index in [4.69, 9.17) is 40.9 Å². The van der Waals surface area contributed by atoms with Crippen LogP contribution in [0, 0.1) is 0 Å². The summed E-state index contributed by atoms with van der Waals surface area (Å²) >= 11 is 0. The molecule has 3 rings (SSSR count). The Balaban J connectivity index is 0.000000262. The van der Waals surface area contributed by atoms with Crippen LogP contribution in [0.15, 0.2) is 11.1 Å². The van der Waals surface area contributed by atoms with Crippen LogP contribution in [0.25, 0.3) is 11.2 Å². The van der Waals surface area contributed by atoms with Crippen molar-refractivity contribution in [1.29, 1.82) is 0 Å². The van der Waals surface area contributed by atoms with E-state index in [2.05, 4.69) is 15.0 Å². The number of aromatic amines is 1. The molecule has 2 aromatic heterocycles. The predicted octanol–water partition coefficient (Wildman–Crippen LogP) is -5.14. The number of hydrogen-bond acceptors (Lipinski definition) is 13. The summed E-state index contributed by atoms with van der Waals surface area (Å²) in [5.41, 5.74) is 5.12. The molecule has 18 heteroatoms. The van der Waals surface area contributed by atoms with Crippen molar-refractivity contribution in [2.75, 3.05) is 18.9 Å². The Kier molecular flexibility index (Phi) is 9.53. The van der Waals surface area contributed by atoms with Crippen molar-refractivity contribution in [2.24, 2.45) is 0 Å². The Labute approximate surface area is 181 Å². The molecule has 32 heavy (non-hydrogen) atoms. The summed E-state index contributed by atoms with van der Waals surface area (Å²) in [4.78, 5) is 40.7. The van der Waals surface area contributed by atoms with E-state index in [0.29, 0.717) is 0 Å². The number of ether oxygens (including phenoxy) is 1. The molecular weight excluding hydrogens is 476 g/mol. The average Bonchev–Trinajstić information content (AvgIpc) is 3.32. The molecular formula is C14H23N5O11P2. The van der Waals surface area contributed by atoms with Gasteiger partial charge in [-0.3, -0.25) is 14.3 Å². The lowest BCUT2D eigenvalue weighted by molar-refractivity contribution is -0.166. The SMILES string of the molecule is Nc1nc2c(ncn2[C@@H]2O[C@H](CO)[C@@H](O)[C@H]2O)c(=O)[nH]1.[O-][P+](=PO)[C@@H](O)[C@H](O)[C@H](O)CO. The van der Waals surface area contributed by atoms with E-state index in [1.54, 1.807) is 0 Å². The van der Waals surface area contributed by atoms with Gasteiger partial charge in [0, 0.05) is 0 Å². The summed E-state index contributed by atoms with van der Waals surface area (Å²) in [7, 11) is -2.95. The predicted molar refractivity (Wildman–Crippen MR) is 107 cm³/mol. The zero-order valence-electron chi connectivity index (χ0n) is 16.1. The van der Waals surface area contributed by atoms with Gasteiger partial charge in [-0.05, 0) is 0 Å². The van der Waals surface area contributed by atoms with Crippen molar-refractivity contribution in [3.8, 4) is 0 Å². The highest BCUT2D eigenvalue weighted by molar-refractivity contribution is 7.87. The number of imidazole rings is 1. The molecule has 0 radical (unpaired) electrons. The van der Waals surface area contributed by atoms with Gasteiger partial charge in [0.25, 0.3) is 13.7 Å². The third kappa shape index (κ3) is 5.63. The summed E-state index contributed by atoms with van der Waals surface area (Å²) in [5, 5.41) is 63.7. The number of fused-ring (bicyclic) bond motifs is 1. The van der Waals surface area contributed by atoms with Gasteiger partial charge in [-0.2, -0.15) is 4.98 Å². The fourth-order valence-corrected chi connectivity index (χ4v) is 4.02. The van der Waals surface area contributed by atoms with Crippen molar-refractivity contribution < 1.29 is 50.3 Å². The first-order chi connectivity index (χ1) is 15.1. The van der Waals surface area contributed by atoms with Crippen molar-refractivity contribution in [3.05, 3.63) is 16.7 Å². The van der Waals surface area contributed by atoms with Gasteiger partial charge in [0.05, 0.1) is 19.5 Å². The number of H-pyrrole nitrogens is 1. The number of rotatable bonds is 6. The van der Waals surface area contributed by atoms with Crippen LogP contribution in [0.1, 0.15) is 6.23 Å². The molecule has 0 bridgehead atoms. The Bertz CT molecular complexity index is 988. The number of hydrogen-bond donors (Lipinski definition) is 10. The van der Waals surface area contributed by atoms with Gasteiger partial charge in [-0.1, -0.05) is 0 Å². The standard InChI is InChI=1S/C10H13N5O5.C4H10O6P2/c11-10-13-7-4(8(19)14-10)12-2-15(7)9-6(18)5(17)3(1-16)20-9;5-1-2(6)3(7)4(8)12(10)11-9/h2-3,5-6,9,16-18H,1H2,(H3,11,13,14,19);2-9H,1H2/t3-,5-,6-,9-;2-,3-,4-/m11/s1. The monoisotopic (exact) mass is 499 g/mol. The van der Waals surface area contributed by atoms with Crippen LogP contribution in [0.2, 0.25) is 0 Å². The quantitative estimate of drug-likeness (QED) is 0.166. The molecule has 0 aliphatic carbocycles. The van der Waals surface area contributed by atoms with Gasteiger partial charge in [0.15, 0.2) is 23.5 Å². The first kappa shape index (κ1) is 26.6. The van der Waals surface area contributed by atoms with Gasteiger partial charge in [-0.25, -0.2) is 4.98 Å². The van der Waals surface area contributed by atoms with Crippen LogP contribution >= 0.6 is 15.5 Å². The van der Waals surface area contributed by atoms with E-state index < -0.39 is 76.9 Å². The number of aliphatic hydroxyl groups excluding tert-OH is 7.